The van der Waals surface area contributed by atoms with Gasteiger partial charge in [-0.25, -0.2) is 0 Å². The van der Waals surface area contributed by atoms with Crippen LogP contribution in [0.1, 0.15) is 30.6 Å². The Bertz CT molecular complexity index is 323. The summed E-state index contributed by atoms with van der Waals surface area (Å²) in [4.78, 5) is 1.28. The number of hydrogen-bond acceptors (Lipinski definition) is 3. The second kappa shape index (κ2) is 7.37. The van der Waals surface area contributed by atoms with Crippen molar-refractivity contribution in [2.75, 3.05) is 19.8 Å². The minimum absolute atomic E-state index is 0.815. The van der Waals surface area contributed by atoms with Crippen molar-refractivity contribution in [1.82, 2.24) is 5.32 Å². The zero-order chi connectivity index (χ0) is 11.9. The highest BCUT2D eigenvalue weighted by Crippen LogP contribution is 2.24. The molecule has 0 atom stereocenters. The van der Waals surface area contributed by atoms with Crippen LogP contribution < -0.4 is 5.32 Å². The highest BCUT2D eigenvalue weighted by Gasteiger charge is 2.14. The summed E-state index contributed by atoms with van der Waals surface area (Å²) in [6.07, 6.45) is 5.51. The smallest absolute Gasteiger partial charge is 0.0931 e. The second-order valence-corrected chi connectivity index (χ2v) is 6.41. The molecular weight excluding hydrogens is 254 g/mol. The van der Waals surface area contributed by atoms with Crippen LogP contribution in [0.5, 0.6) is 0 Å². The molecule has 0 saturated heterocycles. The fourth-order valence-corrected chi connectivity index (χ4v) is 3.29. The van der Waals surface area contributed by atoms with E-state index in [9.17, 15) is 0 Å². The molecule has 2 rings (SSSR count). The standard InChI is InChI=1S/C13H20ClNOS/c14-13-6-5-12(17-13)9-15-7-8-16-10-11-3-1-2-4-11/h5-6,11,15H,1-4,7-10H2. The average Bonchev–Trinajstić information content (AvgIpc) is 2.95. The van der Waals surface area contributed by atoms with E-state index in [4.69, 9.17) is 16.3 Å². The number of hydrogen-bond donors (Lipinski definition) is 1. The molecule has 4 heteroatoms. The minimum atomic E-state index is 0.815. The van der Waals surface area contributed by atoms with E-state index in [0.717, 1.165) is 36.6 Å². The lowest BCUT2D eigenvalue weighted by atomic mass is 10.1. The van der Waals surface area contributed by atoms with Crippen molar-refractivity contribution >= 4 is 22.9 Å². The van der Waals surface area contributed by atoms with E-state index in [1.807, 2.05) is 6.07 Å². The lowest BCUT2D eigenvalue weighted by Crippen LogP contribution is -2.20. The fraction of sp³-hybridized carbons (Fsp3) is 0.692. The third-order valence-electron chi connectivity index (χ3n) is 3.18. The minimum Gasteiger partial charge on any atom is -0.380 e. The van der Waals surface area contributed by atoms with Gasteiger partial charge in [-0.3, -0.25) is 0 Å². The predicted molar refractivity (Wildman–Crippen MR) is 73.8 cm³/mol. The number of rotatable bonds is 7. The summed E-state index contributed by atoms with van der Waals surface area (Å²) >= 11 is 7.50. The number of nitrogens with one attached hydrogen (secondary N) is 1. The van der Waals surface area contributed by atoms with Gasteiger partial charge in [-0.15, -0.1) is 11.3 Å². The molecule has 1 saturated carbocycles. The van der Waals surface area contributed by atoms with Gasteiger partial charge in [0.2, 0.25) is 0 Å². The molecule has 1 aliphatic rings. The van der Waals surface area contributed by atoms with Crippen LogP contribution in [0, 0.1) is 5.92 Å². The normalized spacial score (nSPS) is 16.8. The van der Waals surface area contributed by atoms with Crippen LogP contribution in [-0.4, -0.2) is 19.8 Å². The molecule has 0 spiro atoms. The Labute approximate surface area is 112 Å². The van der Waals surface area contributed by atoms with Crippen molar-refractivity contribution < 1.29 is 4.74 Å². The van der Waals surface area contributed by atoms with E-state index in [1.165, 1.54) is 30.6 Å². The number of thiophene rings is 1. The Morgan fingerprint density at radius 1 is 1.35 bits per heavy atom. The molecule has 96 valence electrons. The van der Waals surface area contributed by atoms with E-state index in [-0.39, 0.29) is 0 Å². The molecule has 2 nitrogen and oxygen atoms in total. The molecule has 0 bridgehead atoms. The average molecular weight is 274 g/mol. The van der Waals surface area contributed by atoms with E-state index in [1.54, 1.807) is 11.3 Å². The largest absolute Gasteiger partial charge is 0.380 e. The van der Waals surface area contributed by atoms with Crippen LogP contribution in [0.4, 0.5) is 0 Å². The summed E-state index contributed by atoms with van der Waals surface area (Å²) in [6.45, 7) is 3.58. The van der Waals surface area contributed by atoms with Gasteiger partial charge in [0.1, 0.15) is 0 Å². The summed E-state index contributed by atoms with van der Waals surface area (Å²) in [5.41, 5.74) is 0. The van der Waals surface area contributed by atoms with Gasteiger partial charge in [-0.05, 0) is 30.9 Å². The molecule has 1 fully saturated rings. The first-order chi connectivity index (χ1) is 8.34. The van der Waals surface area contributed by atoms with Gasteiger partial charge < -0.3 is 10.1 Å². The highest BCUT2D eigenvalue weighted by molar-refractivity contribution is 7.16. The predicted octanol–water partition coefficient (Wildman–Crippen LogP) is 3.70. The van der Waals surface area contributed by atoms with Crippen LogP contribution in [0.3, 0.4) is 0 Å². The van der Waals surface area contributed by atoms with Crippen molar-refractivity contribution in [2.24, 2.45) is 5.92 Å². The van der Waals surface area contributed by atoms with Gasteiger partial charge in [0, 0.05) is 24.6 Å². The van der Waals surface area contributed by atoms with Gasteiger partial charge in [-0.1, -0.05) is 24.4 Å². The zero-order valence-electron chi connectivity index (χ0n) is 10.1. The second-order valence-electron chi connectivity index (χ2n) is 4.61. The third-order valence-corrected chi connectivity index (χ3v) is 4.41. The molecule has 0 unspecified atom stereocenters. The summed E-state index contributed by atoms with van der Waals surface area (Å²) in [5.74, 6) is 0.825. The van der Waals surface area contributed by atoms with Crippen LogP contribution >= 0.6 is 22.9 Å². The first kappa shape index (κ1) is 13.3. The Morgan fingerprint density at radius 3 is 2.88 bits per heavy atom. The zero-order valence-corrected chi connectivity index (χ0v) is 11.7. The van der Waals surface area contributed by atoms with Crippen molar-refractivity contribution in [1.29, 1.82) is 0 Å². The number of ether oxygens (including phenoxy) is 1. The van der Waals surface area contributed by atoms with Crippen LogP contribution in [0.2, 0.25) is 4.34 Å². The SMILES string of the molecule is Clc1ccc(CNCCOCC2CCCC2)s1. The molecule has 17 heavy (non-hydrogen) atoms. The molecule has 1 aromatic heterocycles. The van der Waals surface area contributed by atoms with E-state index in [2.05, 4.69) is 11.4 Å². The van der Waals surface area contributed by atoms with E-state index >= 15 is 0 Å². The lowest BCUT2D eigenvalue weighted by molar-refractivity contribution is 0.103. The molecule has 0 radical (unpaired) electrons. The third kappa shape index (κ3) is 4.96. The molecule has 0 aromatic carbocycles. The van der Waals surface area contributed by atoms with Crippen LogP contribution in [0.25, 0.3) is 0 Å². The number of halogens is 1. The lowest BCUT2D eigenvalue weighted by Gasteiger charge is -2.09. The summed E-state index contributed by atoms with van der Waals surface area (Å²) in [6, 6.07) is 4.01. The fourth-order valence-electron chi connectivity index (χ4n) is 2.23. The Balaban J connectivity index is 1.46. The molecule has 1 heterocycles. The Kier molecular flexibility index (Phi) is 5.78. The van der Waals surface area contributed by atoms with Crippen molar-refractivity contribution in [3.63, 3.8) is 0 Å². The summed E-state index contributed by atoms with van der Waals surface area (Å²) in [7, 11) is 0. The highest BCUT2D eigenvalue weighted by atomic mass is 35.5. The van der Waals surface area contributed by atoms with Crippen LogP contribution in [-0.2, 0) is 11.3 Å². The Morgan fingerprint density at radius 2 is 2.18 bits per heavy atom. The van der Waals surface area contributed by atoms with Crippen molar-refractivity contribution in [3.8, 4) is 0 Å². The van der Waals surface area contributed by atoms with Gasteiger partial charge >= 0.3 is 0 Å². The molecule has 1 aromatic rings. The van der Waals surface area contributed by atoms with Crippen molar-refractivity contribution in [2.45, 2.75) is 32.2 Å². The maximum atomic E-state index is 5.86. The van der Waals surface area contributed by atoms with Gasteiger partial charge in [0.05, 0.1) is 10.9 Å². The molecular formula is C13H20ClNOS. The monoisotopic (exact) mass is 273 g/mol. The van der Waals surface area contributed by atoms with Crippen LogP contribution in [0.15, 0.2) is 12.1 Å². The van der Waals surface area contributed by atoms with Gasteiger partial charge in [0.25, 0.3) is 0 Å². The summed E-state index contributed by atoms with van der Waals surface area (Å²) in [5, 5.41) is 3.37. The van der Waals surface area contributed by atoms with Gasteiger partial charge in [-0.2, -0.15) is 0 Å². The van der Waals surface area contributed by atoms with E-state index < -0.39 is 0 Å². The first-order valence-corrected chi connectivity index (χ1v) is 7.57. The maximum absolute atomic E-state index is 5.86. The Hall–Kier alpha value is -0.0900. The van der Waals surface area contributed by atoms with Gasteiger partial charge in [0.15, 0.2) is 0 Å². The van der Waals surface area contributed by atoms with Crippen molar-refractivity contribution in [3.05, 3.63) is 21.3 Å². The summed E-state index contributed by atoms with van der Waals surface area (Å²) < 4.78 is 6.54. The molecule has 0 amide bonds. The maximum Gasteiger partial charge on any atom is 0.0931 e. The quantitative estimate of drug-likeness (QED) is 0.765. The molecule has 1 aliphatic carbocycles. The van der Waals surface area contributed by atoms with E-state index in [0.29, 0.717) is 0 Å². The topological polar surface area (TPSA) is 21.3 Å². The molecule has 1 N–H and O–H groups in total. The molecule has 0 aliphatic heterocycles. The first-order valence-electron chi connectivity index (χ1n) is 6.37.